The van der Waals surface area contributed by atoms with E-state index in [0.717, 1.165) is 6.61 Å². The van der Waals surface area contributed by atoms with Gasteiger partial charge in [0.25, 0.3) is 0 Å². The van der Waals surface area contributed by atoms with Crippen LogP contribution in [-0.2, 0) is 4.84 Å². The Balaban J connectivity index is 2.82. The Morgan fingerprint density at radius 1 is 1.67 bits per heavy atom. The summed E-state index contributed by atoms with van der Waals surface area (Å²) < 4.78 is 0. The van der Waals surface area contributed by atoms with Gasteiger partial charge in [-0.15, -0.1) is 6.58 Å². The van der Waals surface area contributed by atoms with Gasteiger partial charge >= 0.3 is 0 Å². The van der Waals surface area contributed by atoms with Crippen molar-refractivity contribution in [1.82, 2.24) is 5.48 Å². The summed E-state index contributed by atoms with van der Waals surface area (Å²) >= 11 is 0. The second kappa shape index (κ2) is 5.79. The topological polar surface area (TPSA) is 21.3 Å². The van der Waals surface area contributed by atoms with Gasteiger partial charge in [0.2, 0.25) is 0 Å². The molecule has 0 bridgehead atoms. The van der Waals surface area contributed by atoms with Crippen LogP contribution in [0.3, 0.4) is 0 Å². The van der Waals surface area contributed by atoms with Crippen LogP contribution in [0, 0.1) is 5.92 Å². The van der Waals surface area contributed by atoms with Crippen LogP contribution in [0.4, 0.5) is 0 Å². The van der Waals surface area contributed by atoms with Crippen molar-refractivity contribution < 1.29 is 4.84 Å². The highest BCUT2D eigenvalue weighted by molar-refractivity contribution is 4.66. The molecule has 2 nitrogen and oxygen atoms in total. The first kappa shape index (κ1) is 8.66. The fraction of sp³-hybridized carbons (Fsp3) is 0.714. The molecule has 0 spiro atoms. The van der Waals surface area contributed by atoms with Gasteiger partial charge in [-0.05, 0) is 5.92 Å². The van der Waals surface area contributed by atoms with Gasteiger partial charge in [-0.1, -0.05) is 19.9 Å². The number of hydrogen-bond acceptors (Lipinski definition) is 2. The van der Waals surface area contributed by atoms with E-state index in [9.17, 15) is 0 Å². The van der Waals surface area contributed by atoms with E-state index in [4.69, 9.17) is 4.84 Å². The third-order valence-electron chi connectivity index (χ3n) is 0.746. The van der Waals surface area contributed by atoms with E-state index in [1.54, 1.807) is 6.08 Å². The molecule has 2 heteroatoms. The minimum absolute atomic E-state index is 0.585. The zero-order valence-electron chi connectivity index (χ0n) is 6.18. The molecule has 0 aromatic carbocycles. The van der Waals surface area contributed by atoms with Crippen LogP contribution in [0.15, 0.2) is 12.7 Å². The molecule has 0 heterocycles. The Labute approximate surface area is 56.9 Å². The molecular weight excluding hydrogens is 114 g/mol. The molecular formula is C7H15NO. The van der Waals surface area contributed by atoms with Gasteiger partial charge in [-0.25, -0.2) is 0 Å². The first-order valence-electron chi connectivity index (χ1n) is 3.23. The molecule has 0 aliphatic carbocycles. The minimum Gasteiger partial charge on any atom is -0.301 e. The summed E-state index contributed by atoms with van der Waals surface area (Å²) in [7, 11) is 0. The lowest BCUT2D eigenvalue weighted by atomic mass is 10.2. The average molecular weight is 129 g/mol. The first-order valence-corrected chi connectivity index (χ1v) is 3.23. The lowest BCUT2D eigenvalue weighted by Crippen LogP contribution is -2.17. The van der Waals surface area contributed by atoms with Gasteiger partial charge in [0.05, 0.1) is 6.61 Å². The number of nitrogens with one attached hydrogen (secondary N) is 1. The van der Waals surface area contributed by atoms with E-state index in [1.165, 1.54) is 0 Å². The number of hydroxylamine groups is 1. The van der Waals surface area contributed by atoms with Crippen molar-refractivity contribution >= 4 is 0 Å². The molecule has 0 unspecified atom stereocenters. The van der Waals surface area contributed by atoms with E-state index in [2.05, 4.69) is 25.9 Å². The SMILES string of the molecule is C=CCNOCC(C)C. The summed E-state index contributed by atoms with van der Waals surface area (Å²) in [6.45, 7) is 9.22. The highest BCUT2D eigenvalue weighted by Crippen LogP contribution is 1.88. The molecule has 0 aliphatic rings. The molecule has 0 aromatic rings. The maximum absolute atomic E-state index is 5.01. The second-order valence-corrected chi connectivity index (χ2v) is 2.34. The Kier molecular flexibility index (Phi) is 5.57. The predicted octanol–water partition coefficient (Wildman–Crippen LogP) is 1.35. The van der Waals surface area contributed by atoms with E-state index in [-0.39, 0.29) is 0 Å². The normalized spacial score (nSPS) is 10.1. The van der Waals surface area contributed by atoms with Gasteiger partial charge < -0.3 is 4.84 Å². The summed E-state index contributed by atoms with van der Waals surface area (Å²) in [5.74, 6) is 0.585. The van der Waals surface area contributed by atoms with E-state index in [1.807, 2.05) is 0 Å². The molecule has 0 saturated heterocycles. The first-order chi connectivity index (χ1) is 4.27. The fourth-order valence-corrected chi connectivity index (χ4v) is 0.343. The zero-order valence-corrected chi connectivity index (χ0v) is 6.18. The van der Waals surface area contributed by atoms with E-state index < -0.39 is 0 Å². The highest BCUT2D eigenvalue weighted by atomic mass is 16.6. The van der Waals surface area contributed by atoms with Crippen LogP contribution < -0.4 is 5.48 Å². The van der Waals surface area contributed by atoms with E-state index >= 15 is 0 Å². The summed E-state index contributed by atoms with van der Waals surface area (Å²) in [4.78, 5) is 5.01. The quantitative estimate of drug-likeness (QED) is 0.344. The molecule has 9 heavy (non-hydrogen) atoms. The number of hydrogen-bond donors (Lipinski definition) is 1. The summed E-state index contributed by atoms with van der Waals surface area (Å²) in [6, 6.07) is 0. The van der Waals surface area contributed by atoms with Crippen LogP contribution in [0.5, 0.6) is 0 Å². The summed E-state index contributed by atoms with van der Waals surface area (Å²) in [5.41, 5.74) is 2.75. The smallest absolute Gasteiger partial charge is 0.0705 e. The zero-order chi connectivity index (χ0) is 7.11. The molecule has 0 atom stereocenters. The Morgan fingerprint density at radius 3 is 2.78 bits per heavy atom. The van der Waals surface area contributed by atoms with Crippen LogP contribution in [-0.4, -0.2) is 13.2 Å². The lowest BCUT2D eigenvalue weighted by Gasteiger charge is -2.04. The van der Waals surface area contributed by atoms with E-state index in [0.29, 0.717) is 12.5 Å². The standard InChI is InChI=1S/C7H15NO/c1-4-5-8-9-6-7(2)3/h4,7-8H,1,5-6H2,2-3H3. The summed E-state index contributed by atoms with van der Waals surface area (Å²) in [6.07, 6.45) is 1.76. The molecule has 0 saturated carbocycles. The molecule has 54 valence electrons. The molecule has 0 amide bonds. The van der Waals surface area contributed by atoms with Crippen molar-refractivity contribution in [3.63, 3.8) is 0 Å². The van der Waals surface area contributed by atoms with Gasteiger partial charge in [-0.3, -0.25) is 0 Å². The second-order valence-electron chi connectivity index (χ2n) is 2.34. The number of rotatable bonds is 5. The third kappa shape index (κ3) is 7.66. The van der Waals surface area contributed by atoms with Crippen LogP contribution in [0.2, 0.25) is 0 Å². The summed E-state index contributed by atoms with van der Waals surface area (Å²) in [5, 5.41) is 0. The Bertz CT molecular complexity index is 71.3. The Morgan fingerprint density at radius 2 is 2.33 bits per heavy atom. The van der Waals surface area contributed by atoms with Crippen molar-refractivity contribution in [3.05, 3.63) is 12.7 Å². The molecule has 0 radical (unpaired) electrons. The predicted molar refractivity (Wildman–Crippen MR) is 39.0 cm³/mol. The largest absolute Gasteiger partial charge is 0.301 e. The van der Waals surface area contributed by atoms with Crippen LogP contribution in [0.1, 0.15) is 13.8 Å². The van der Waals surface area contributed by atoms with Crippen molar-refractivity contribution in [3.8, 4) is 0 Å². The van der Waals surface area contributed by atoms with Crippen molar-refractivity contribution in [1.29, 1.82) is 0 Å². The van der Waals surface area contributed by atoms with Gasteiger partial charge in [0.1, 0.15) is 0 Å². The van der Waals surface area contributed by atoms with Gasteiger partial charge in [-0.2, -0.15) is 5.48 Å². The minimum atomic E-state index is 0.585. The van der Waals surface area contributed by atoms with Crippen molar-refractivity contribution in [2.75, 3.05) is 13.2 Å². The maximum Gasteiger partial charge on any atom is 0.0705 e. The van der Waals surface area contributed by atoms with Crippen molar-refractivity contribution in [2.45, 2.75) is 13.8 Å². The van der Waals surface area contributed by atoms with Gasteiger partial charge in [0.15, 0.2) is 0 Å². The Hall–Kier alpha value is -0.340. The maximum atomic E-state index is 5.01. The fourth-order valence-electron chi connectivity index (χ4n) is 0.343. The molecule has 0 aromatic heterocycles. The monoisotopic (exact) mass is 129 g/mol. The molecule has 0 rings (SSSR count). The molecule has 0 aliphatic heterocycles. The van der Waals surface area contributed by atoms with Crippen molar-refractivity contribution in [2.24, 2.45) is 5.92 Å². The highest BCUT2D eigenvalue weighted by Gasteiger charge is 1.90. The van der Waals surface area contributed by atoms with Crippen LogP contribution in [0.25, 0.3) is 0 Å². The lowest BCUT2D eigenvalue weighted by molar-refractivity contribution is 0.0306. The molecule has 0 fully saturated rings. The average Bonchev–Trinajstić information content (AvgIpc) is 1.80. The van der Waals surface area contributed by atoms with Gasteiger partial charge in [0, 0.05) is 6.54 Å². The molecule has 1 N–H and O–H groups in total. The third-order valence-corrected chi connectivity index (χ3v) is 0.746. The van der Waals surface area contributed by atoms with Crippen LogP contribution >= 0.6 is 0 Å².